The second-order valence-electron chi connectivity index (χ2n) is 4.95. The van der Waals surface area contributed by atoms with Gasteiger partial charge in [-0.2, -0.15) is 0 Å². The van der Waals surface area contributed by atoms with E-state index in [0.29, 0.717) is 6.54 Å². The van der Waals surface area contributed by atoms with Crippen LogP contribution in [0.3, 0.4) is 0 Å². The first-order valence-electron chi connectivity index (χ1n) is 6.83. The molecule has 0 fully saturated rings. The summed E-state index contributed by atoms with van der Waals surface area (Å²) < 4.78 is 0. The number of carbonyl (C=O) groups is 1. The molecule has 1 unspecified atom stereocenters. The van der Waals surface area contributed by atoms with Gasteiger partial charge >= 0.3 is 0 Å². The van der Waals surface area contributed by atoms with E-state index >= 15 is 0 Å². The lowest BCUT2D eigenvalue weighted by Gasteiger charge is -2.14. The summed E-state index contributed by atoms with van der Waals surface area (Å²) in [7, 11) is 0. The summed E-state index contributed by atoms with van der Waals surface area (Å²) in [6, 6.07) is 18.1. The standard InChI is InChI=1S/C17H20N2O/c1-13(12-18)17(20)19-16-10-6-5-9-15(16)11-14-7-3-2-4-8-14/h2-10,13H,11-12,18H2,1H3,(H,19,20). The topological polar surface area (TPSA) is 55.1 Å². The lowest BCUT2D eigenvalue weighted by atomic mass is 10.0. The van der Waals surface area contributed by atoms with E-state index in [1.54, 1.807) is 0 Å². The second kappa shape index (κ2) is 6.87. The number of nitrogens with two attached hydrogens (primary N) is 1. The molecule has 0 aliphatic rings. The summed E-state index contributed by atoms with van der Waals surface area (Å²) in [5, 5.41) is 2.96. The molecule has 2 aromatic carbocycles. The Kier molecular flexibility index (Phi) is 4.91. The first-order valence-corrected chi connectivity index (χ1v) is 6.83. The van der Waals surface area contributed by atoms with Crippen molar-refractivity contribution in [2.24, 2.45) is 11.7 Å². The number of anilines is 1. The number of amides is 1. The van der Waals surface area contributed by atoms with Crippen LogP contribution in [-0.4, -0.2) is 12.5 Å². The summed E-state index contributed by atoms with van der Waals surface area (Å²) in [5.74, 6) is -0.215. The number of rotatable bonds is 5. The van der Waals surface area contributed by atoms with Crippen LogP contribution in [0.5, 0.6) is 0 Å². The molecule has 2 aromatic rings. The summed E-state index contributed by atoms with van der Waals surface area (Å²) in [4.78, 5) is 12.0. The number of nitrogens with one attached hydrogen (secondary N) is 1. The van der Waals surface area contributed by atoms with Crippen LogP contribution < -0.4 is 11.1 Å². The lowest BCUT2D eigenvalue weighted by molar-refractivity contribution is -0.119. The van der Waals surface area contributed by atoms with Gasteiger partial charge in [0, 0.05) is 18.2 Å². The van der Waals surface area contributed by atoms with E-state index < -0.39 is 0 Å². The number of benzene rings is 2. The van der Waals surface area contributed by atoms with Crippen molar-refractivity contribution in [1.29, 1.82) is 0 Å². The van der Waals surface area contributed by atoms with Gasteiger partial charge in [-0.05, 0) is 23.6 Å². The van der Waals surface area contributed by atoms with Gasteiger partial charge < -0.3 is 11.1 Å². The number of para-hydroxylation sites is 1. The van der Waals surface area contributed by atoms with Crippen LogP contribution in [0.1, 0.15) is 18.1 Å². The Bertz CT molecular complexity index is 566. The van der Waals surface area contributed by atoms with Gasteiger partial charge in [0.05, 0.1) is 0 Å². The fourth-order valence-corrected chi connectivity index (χ4v) is 1.98. The molecule has 20 heavy (non-hydrogen) atoms. The zero-order chi connectivity index (χ0) is 14.4. The highest BCUT2D eigenvalue weighted by Gasteiger charge is 2.12. The molecule has 0 saturated heterocycles. The third-order valence-corrected chi connectivity index (χ3v) is 3.31. The van der Waals surface area contributed by atoms with E-state index in [0.717, 1.165) is 17.7 Å². The highest BCUT2D eigenvalue weighted by molar-refractivity contribution is 5.93. The van der Waals surface area contributed by atoms with Crippen molar-refractivity contribution >= 4 is 11.6 Å². The smallest absolute Gasteiger partial charge is 0.228 e. The van der Waals surface area contributed by atoms with Crippen molar-refractivity contribution in [3.63, 3.8) is 0 Å². The van der Waals surface area contributed by atoms with Crippen molar-refractivity contribution in [2.45, 2.75) is 13.3 Å². The molecule has 3 N–H and O–H groups in total. The van der Waals surface area contributed by atoms with Gasteiger partial charge in [-0.1, -0.05) is 55.5 Å². The normalized spacial score (nSPS) is 11.9. The second-order valence-corrected chi connectivity index (χ2v) is 4.95. The molecule has 0 spiro atoms. The fourth-order valence-electron chi connectivity index (χ4n) is 1.98. The Labute approximate surface area is 119 Å². The molecule has 1 amide bonds. The molecule has 3 heteroatoms. The van der Waals surface area contributed by atoms with Crippen LogP contribution in [0.25, 0.3) is 0 Å². The van der Waals surface area contributed by atoms with Crippen molar-refractivity contribution in [1.82, 2.24) is 0 Å². The van der Waals surface area contributed by atoms with E-state index in [-0.39, 0.29) is 11.8 Å². The summed E-state index contributed by atoms with van der Waals surface area (Å²) in [6.07, 6.45) is 0.800. The molecule has 0 aliphatic carbocycles. The first kappa shape index (κ1) is 14.3. The Morgan fingerprint density at radius 3 is 2.45 bits per heavy atom. The van der Waals surface area contributed by atoms with E-state index in [1.807, 2.05) is 49.4 Å². The quantitative estimate of drug-likeness (QED) is 0.876. The third kappa shape index (κ3) is 3.68. The van der Waals surface area contributed by atoms with Gasteiger partial charge in [0.1, 0.15) is 0 Å². The van der Waals surface area contributed by atoms with E-state index in [1.165, 1.54) is 5.56 Å². The third-order valence-electron chi connectivity index (χ3n) is 3.31. The highest BCUT2D eigenvalue weighted by Crippen LogP contribution is 2.19. The van der Waals surface area contributed by atoms with Gasteiger partial charge in [0.2, 0.25) is 5.91 Å². The molecule has 0 radical (unpaired) electrons. The number of hydrogen-bond donors (Lipinski definition) is 2. The predicted molar refractivity (Wildman–Crippen MR) is 82.5 cm³/mol. The molecule has 0 saturated carbocycles. The average molecular weight is 268 g/mol. The van der Waals surface area contributed by atoms with Crippen molar-refractivity contribution in [3.05, 3.63) is 65.7 Å². The molecule has 0 aliphatic heterocycles. The maximum atomic E-state index is 12.0. The molecule has 0 heterocycles. The van der Waals surface area contributed by atoms with Gasteiger partial charge in [0.15, 0.2) is 0 Å². The summed E-state index contributed by atoms with van der Waals surface area (Å²) >= 11 is 0. The van der Waals surface area contributed by atoms with Crippen LogP contribution in [-0.2, 0) is 11.2 Å². The highest BCUT2D eigenvalue weighted by atomic mass is 16.1. The molecular weight excluding hydrogens is 248 g/mol. The summed E-state index contributed by atoms with van der Waals surface area (Å²) in [6.45, 7) is 2.18. The Morgan fingerprint density at radius 1 is 1.10 bits per heavy atom. The minimum Gasteiger partial charge on any atom is -0.330 e. The minimum absolute atomic E-state index is 0.0342. The van der Waals surface area contributed by atoms with Gasteiger partial charge in [-0.3, -0.25) is 4.79 Å². The van der Waals surface area contributed by atoms with E-state index in [9.17, 15) is 4.79 Å². The largest absolute Gasteiger partial charge is 0.330 e. The molecule has 1 atom stereocenters. The van der Waals surface area contributed by atoms with Gasteiger partial charge in [0.25, 0.3) is 0 Å². The zero-order valence-electron chi connectivity index (χ0n) is 11.7. The molecule has 0 bridgehead atoms. The van der Waals surface area contributed by atoms with Crippen LogP contribution in [0.4, 0.5) is 5.69 Å². The fraction of sp³-hybridized carbons (Fsp3) is 0.235. The Morgan fingerprint density at radius 2 is 1.75 bits per heavy atom. The molecular formula is C17H20N2O. The molecule has 2 rings (SSSR count). The SMILES string of the molecule is CC(CN)C(=O)Nc1ccccc1Cc1ccccc1. The van der Waals surface area contributed by atoms with Gasteiger partial charge in [-0.25, -0.2) is 0 Å². The lowest BCUT2D eigenvalue weighted by Crippen LogP contribution is -2.27. The first-order chi connectivity index (χ1) is 9.70. The zero-order valence-corrected chi connectivity index (χ0v) is 11.7. The molecule has 3 nitrogen and oxygen atoms in total. The predicted octanol–water partition coefficient (Wildman–Crippen LogP) is 2.81. The maximum Gasteiger partial charge on any atom is 0.228 e. The van der Waals surface area contributed by atoms with E-state index in [4.69, 9.17) is 5.73 Å². The maximum absolute atomic E-state index is 12.0. The average Bonchev–Trinajstić information content (AvgIpc) is 2.49. The number of carbonyl (C=O) groups excluding carboxylic acids is 1. The van der Waals surface area contributed by atoms with E-state index in [2.05, 4.69) is 17.4 Å². The minimum atomic E-state index is -0.181. The van der Waals surface area contributed by atoms with Crippen LogP contribution >= 0.6 is 0 Å². The molecule has 104 valence electrons. The Hall–Kier alpha value is -2.13. The van der Waals surface area contributed by atoms with Crippen molar-refractivity contribution < 1.29 is 4.79 Å². The monoisotopic (exact) mass is 268 g/mol. The van der Waals surface area contributed by atoms with Crippen LogP contribution in [0, 0.1) is 5.92 Å². The Balaban J connectivity index is 2.16. The van der Waals surface area contributed by atoms with Crippen LogP contribution in [0.15, 0.2) is 54.6 Å². The van der Waals surface area contributed by atoms with Gasteiger partial charge in [-0.15, -0.1) is 0 Å². The van der Waals surface area contributed by atoms with Crippen LogP contribution in [0.2, 0.25) is 0 Å². The van der Waals surface area contributed by atoms with Crippen molar-refractivity contribution in [3.8, 4) is 0 Å². The molecule has 0 aromatic heterocycles. The number of hydrogen-bond acceptors (Lipinski definition) is 2. The van der Waals surface area contributed by atoms with Crippen molar-refractivity contribution in [2.75, 3.05) is 11.9 Å². The summed E-state index contributed by atoms with van der Waals surface area (Å²) in [5.41, 5.74) is 8.72.